The van der Waals surface area contributed by atoms with Crippen LogP contribution in [0.4, 0.5) is 5.69 Å². The van der Waals surface area contributed by atoms with Gasteiger partial charge < -0.3 is 5.73 Å². The quantitative estimate of drug-likeness (QED) is 0.901. The van der Waals surface area contributed by atoms with E-state index in [-0.39, 0.29) is 17.3 Å². The Morgan fingerprint density at radius 1 is 1.21 bits per heavy atom. The van der Waals surface area contributed by atoms with Crippen LogP contribution in [0, 0.1) is 0 Å². The molecular formula is C12H12ClN3O2S. The highest BCUT2D eigenvalue weighted by Crippen LogP contribution is 2.17. The number of nitrogens with two attached hydrogens (primary N) is 1. The molecule has 0 atom stereocenters. The van der Waals surface area contributed by atoms with E-state index in [9.17, 15) is 8.42 Å². The van der Waals surface area contributed by atoms with Gasteiger partial charge in [0.05, 0.1) is 5.69 Å². The Morgan fingerprint density at radius 3 is 2.63 bits per heavy atom. The topological polar surface area (TPSA) is 85.1 Å². The molecule has 0 amide bonds. The van der Waals surface area contributed by atoms with E-state index in [4.69, 9.17) is 17.3 Å². The summed E-state index contributed by atoms with van der Waals surface area (Å²) in [4.78, 5) is 3.78. The molecule has 0 aliphatic carbocycles. The lowest BCUT2D eigenvalue weighted by atomic mass is 10.2. The number of nitrogens with zero attached hydrogens (tertiary/aromatic N) is 1. The molecule has 0 unspecified atom stereocenters. The highest BCUT2D eigenvalue weighted by Gasteiger charge is 2.18. The predicted molar refractivity (Wildman–Crippen MR) is 74.1 cm³/mol. The van der Waals surface area contributed by atoms with Gasteiger partial charge in [0, 0.05) is 17.8 Å². The van der Waals surface area contributed by atoms with Crippen LogP contribution in [-0.4, -0.2) is 13.4 Å². The van der Waals surface area contributed by atoms with Gasteiger partial charge >= 0.3 is 0 Å². The summed E-state index contributed by atoms with van der Waals surface area (Å²) in [5.74, 6) is 0. The van der Waals surface area contributed by atoms with Crippen LogP contribution in [0.5, 0.6) is 0 Å². The highest BCUT2D eigenvalue weighted by molar-refractivity contribution is 7.89. The Bertz CT molecular complexity index is 689. The fraction of sp³-hybridized carbons (Fsp3) is 0.0833. The van der Waals surface area contributed by atoms with Crippen LogP contribution in [0.15, 0.2) is 47.6 Å². The fourth-order valence-corrected chi connectivity index (χ4v) is 2.77. The zero-order valence-corrected chi connectivity index (χ0v) is 11.4. The molecule has 0 bridgehead atoms. The van der Waals surface area contributed by atoms with Gasteiger partial charge in [-0.3, -0.25) is 0 Å². The molecule has 100 valence electrons. The predicted octanol–water partition coefficient (Wildman–Crippen LogP) is 1.80. The molecule has 0 saturated carbocycles. The lowest BCUT2D eigenvalue weighted by Gasteiger charge is -2.08. The lowest BCUT2D eigenvalue weighted by molar-refractivity contribution is 0.578. The van der Waals surface area contributed by atoms with E-state index < -0.39 is 10.0 Å². The molecule has 1 aromatic heterocycles. The Morgan fingerprint density at radius 2 is 1.95 bits per heavy atom. The minimum absolute atomic E-state index is 0.0814. The van der Waals surface area contributed by atoms with Gasteiger partial charge in [-0.2, -0.15) is 0 Å². The third-order valence-electron chi connectivity index (χ3n) is 2.47. The number of benzene rings is 1. The Balaban J connectivity index is 2.20. The van der Waals surface area contributed by atoms with Gasteiger partial charge in [-0.25, -0.2) is 18.1 Å². The first-order chi connectivity index (χ1) is 9.00. The molecule has 1 heterocycles. The molecule has 0 fully saturated rings. The minimum Gasteiger partial charge on any atom is -0.396 e. The molecule has 5 nitrogen and oxygen atoms in total. The number of halogens is 1. The standard InChI is InChI=1S/C12H12ClN3O2S/c13-10-5-2-1-4-9(10)8-16-19(17,18)12-11(14)6-3-7-15-12/h1-7,16H,8,14H2. The number of hydrogen-bond acceptors (Lipinski definition) is 4. The summed E-state index contributed by atoms with van der Waals surface area (Å²) in [6.07, 6.45) is 1.38. The second kappa shape index (κ2) is 5.56. The van der Waals surface area contributed by atoms with E-state index in [1.807, 2.05) is 0 Å². The summed E-state index contributed by atoms with van der Waals surface area (Å²) in [5.41, 5.74) is 6.39. The van der Waals surface area contributed by atoms with Crippen LogP contribution >= 0.6 is 11.6 Å². The second-order valence-electron chi connectivity index (χ2n) is 3.81. The first-order valence-corrected chi connectivity index (χ1v) is 7.30. The van der Waals surface area contributed by atoms with Crippen molar-refractivity contribution in [2.75, 3.05) is 5.73 Å². The molecule has 2 aromatic rings. The molecule has 0 spiro atoms. The average Bonchev–Trinajstić information content (AvgIpc) is 2.38. The molecule has 7 heteroatoms. The van der Waals surface area contributed by atoms with Gasteiger partial charge in [0.25, 0.3) is 10.0 Å². The zero-order chi connectivity index (χ0) is 13.9. The van der Waals surface area contributed by atoms with Crippen LogP contribution in [-0.2, 0) is 16.6 Å². The normalized spacial score (nSPS) is 11.4. The zero-order valence-electron chi connectivity index (χ0n) is 9.88. The number of hydrogen-bond donors (Lipinski definition) is 2. The van der Waals surface area contributed by atoms with Crippen molar-refractivity contribution >= 4 is 27.3 Å². The number of anilines is 1. The first-order valence-electron chi connectivity index (χ1n) is 5.44. The number of aromatic nitrogens is 1. The first kappa shape index (κ1) is 13.8. The van der Waals surface area contributed by atoms with Crippen molar-refractivity contribution in [2.24, 2.45) is 0 Å². The van der Waals surface area contributed by atoms with Gasteiger partial charge in [-0.1, -0.05) is 29.8 Å². The van der Waals surface area contributed by atoms with Crippen LogP contribution in [0.2, 0.25) is 5.02 Å². The third-order valence-corrected chi connectivity index (χ3v) is 4.21. The highest BCUT2D eigenvalue weighted by atomic mass is 35.5. The van der Waals surface area contributed by atoms with Crippen molar-refractivity contribution in [1.29, 1.82) is 0 Å². The molecule has 2 rings (SSSR count). The summed E-state index contributed by atoms with van der Waals surface area (Å²) < 4.78 is 26.5. The maximum Gasteiger partial charge on any atom is 0.260 e. The summed E-state index contributed by atoms with van der Waals surface area (Å²) in [7, 11) is -3.75. The van der Waals surface area contributed by atoms with E-state index in [1.54, 1.807) is 30.3 Å². The average molecular weight is 298 g/mol. The Labute approximate surface area is 116 Å². The van der Waals surface area contributed by atoms with E-state index >= 15 is 0 Å². The van der Waals surface area contributed by atoms with E-state index in [0.29, 0.717) is 10.6 Å². The molecular weight excluding hydrogens is 286 g/mol. The van der Waals surface area contributed by atoms with Crippen molar-refractivity contribution in [3.63, 3.8) is 0 Å². The lowest BCUT2D eigenvalue weighted by Crippen LogP contribution is -2.25. The summed E-state index contributed by atoms with van der Waals surface area (Å²) >= 11 is 5.96. The van der Waals surface area contributed by atoms with Crippen molar-refractivity contribution < 1.29 is 8.42 Å². The van der Waals surface area contributed by atoms with Crippen molar-refractivity contribution in [2.45, 2.75) is 11.6 Å². The maximum absolute atomic E-state index is 12.0. The smallest absolute Gasteiger partial charge is 0.260 e. The van der Waals surface area contributed by atoms with Crippen LogP contribution in [0.25, 0.3) is 0 Å². The number of sulfonamides is 1. The molecule has 1 aromatic carbocycles. The molecule has 0 aliphatic rings. The molecule has 0 saturated heterocycles. The van der Waals surface area contributed by atoms with Gasteiger partial charge in [0.1, 0.15) is 0 Å². The fourth-order valence-electron chi connectivity index (χ4n) is 1.51. The number of nitrogen functional groups attached to an aromatic ring is 1. The van der Waals surface area contributed by atoms with Gasteiger partial charge in [-0.05, 0) is 23.8 Å². The largest absolute Gasteiger partial charge is 0.396 e. The number of rotatable bonds is 4. The second-order valence-corrected chi connectivity index (χ2v) is 5.90. The van der Waals surface area contributed by atoms with E-state index in [1.165, 1.54) is 12.3 Å². The molecule has 0 radical (unpaired) electrons. The summed E-state index contributed by atoms with van der Waals surface area (Å²) in [6, 6.07) is 10.0. The van der Waals surface area contributed by atoms with E-state index in [0.717, 1.165) is 0 Å². The Hall–Kier alpha value is -1.63. The number of nitrogens with one attached hydrogen (secondary N) is 1. The van der Waals surface area contributed by atoms with Crippen LogP contribution in [0.3, 0.4) is 0 Å². The van der Waals surface area contributed by atoms with Gasteiger partial charge in [-0.15, -0.1) is 0 Å². The summed E-state index contributed by atoms with van der Waals surface area (Å²) in [6.45, 7) is 0.0814. The Kier molecular flexibility index (Phi) is 4.04. The minimum atomic E-state index is -3.75. The molecule has 19 heavy (non-hydrogen) atoms. The SMILES string of the molecule is Nc1cccnc1S(=O)(=O)NCc1ccccc1Cl. The van der Waals surface area contributed by atoms with Gasteiger partial charge in [0.2, 0.25) is 0 Å². The number of pyridine rings is 1. The van der Waals surface area contributed by atoms with Crippen molar-refractivity contribution in [3.05, 3.63) is 53.2 Å². The van der Waals surface area contributed by atoms with Crippen molar-refractivity contribution in [3.8, 4) is 0 Å². The van der Waals surface area contributed by atoms with Crippen LogP contribution < -0.4 is 10.5 Å². The van der Waals surface area contributed by atoms with Gasteiger partial charge in [0.15, 0.2) is 5.03 Å². The van der Waals surface area contributed by atoms with Crippen molar-refractivity contribution in [1.82, 2.24) is 9.71 Å². The third kappa shape index (κ3) is 3.23. The summed E-state index contributed by atoms with van der Waals surface area (Å²) in [5, 5.41) is 0.321. The molecule has 0 aliphatic heterocycles. The van der Waals surface area contributed by atoms with E-state index in [2.05, 4.69) is 9.71 Å². The van der Waals surface area contributed by atoms with Crippen LogP contribution in [0.1, 0.15) is 5.56 Å². The maximum atomic E-state index is 12.0. The molecule has 3 N–H and O–H groups in total. The monoisotopic (exact) mass is 297 g/mol.